The minimum Gasteiger partial charge on any atom is -0.496 e. The zero-order valence-corrected chi connectivity index (χ0v) is 14.4. The summed E-state index contributed by atoms with van der Waals surface area (Å²) in [4.78, 5) is 0. The lowest BCUT2D eigenvalue weighted by molar-refractivity contribution is 0.347. The van der Waals surface area contributed by atoms with Gasteiger partial charge in [0.05, 0.1) is 21.3 Å². The first-order chi connectivity index (χ1) is 12.2. The summed E-state index contributed by atoms with van der Waals surface area (Å²) in [7, 11) is 4.90. The first-order valence-corrected chi connectivity index (χ1v) is 8.10. The highest BCUT2D eigenvalue weighted by molar-refractivity contribution is 6.04. The Morgan fingerprint density at radius 2 is 1.28 bits per heavy atom. The molecule has 3 aromatic carbocycles. The van der Waals surface area contributed by atoms with E-state index in [2.05, 4.69) is 47.0 Å². The van der Waals surface area contributed by atoms with Gasteiger partial charge in [0.2, 0.25) is 0 Å². The largest absolute Gasteiger partial charge is 0.496 e. The number of rotatable bonds is 4. The van der Waals surface area contributed by atoms with Crippen molar-refractivity contribution in [2.24, 2.45) is 0 Å². The van der Waals surface area contributed by atoms with Crippen molar-refractivity contribution >= 4 is 22.1 Å². The molecule has 0 radical (unpaired) electrons. The molecular formula is C20H20N2O3. The Bertz CT molecular complexity index is 899. The van der Waals surface area contributed by atoms with Crippen molar-refractivity contribution in [3.8, 4) is 17.2 Å². The Labute approximate surface area is 146 Å². The van der Waals surface area contributed by atoms with Crippen LogP contribution in [-0.4, -0.2) is 21.3 Å². The van der Waals surface area contributed by atoms with Gasteiger partial charge < -0.3 is 24.8 Å². The van der Waals surface area contributed by atoms with E-state index in [4.69, 9.17) is 14.2 Å². The molecule has 128 valence electrons. The third-order valence-corrected chi connectivity index (χ3v) is 4.55. The number of methoxy groups -OCH3 is 3. The van der Waals surface area contributed by atoms with Crippen molar-refractivity contribution < 1.29 is 14.2 Å². The van der Waals surface area contributed by atoms with Crippen molar-refractivity contribution in [1.29, 1.82) is 0 Å². The van der Waals surface area contributed by atoms with Gasteiger partial charge in [-0.3, -0.25) is 0 Å². The predicted octanol–water partition coefficient (Wildman–Crippen LogP) is 4.40. The van der Waals surface area contributed by atoms with Crippen LogP contribution in [0.2, 0.25) is 0 Å². The number of hydrogen-bond acceptors (Lipinski definition) is 5. The zero-order valence-electron chi connectivity index (χ0n) is 14.4. The Morgan fingerprint density at radius 3 is 1.84 bits per heavy atom. The van der Waals surface area contributed by atoms with E-state index in [1.165, 1.54) is 10.8 Å². The number of hydrogen-bond donors (Lipinski definition) is 2. The molecular weight excluding hydrogens is 316 g/mol. The molecule has 2 N–H and O–H groups in total. The third kappa shape index (κ3) is 2.48. The Balaban J connectivity index is 1.82. The van der Waals surface area contributed by atoms with Gasteiger partial charge in [-0.15, -0.1) is 0 Å². The molecule has 0 atom stereocenters. The van der Waals surface area contributed by atoms with E-state index in [0.29, 0.717) is 11.5 Å². The summed E-state index contributed by atoms with van der Waals surface area (Å²) >= 11 is 0. The van der Waals surface area contributed by atoms with Crippen LogP contribution in [0.25, 0.3) is 10.8 Å². The van der Waals surface area contributed by atoms with Gasteiger partial charge in [-0.2, -0.15) is 0 Å². The molecule has 0 fully saturated rings. The van der Waals surface area contributed by atoms with Crippen LogP contribution in [0.1, 0.15) is 11.7 Å². The average Bonchev–Trinajstić information content (AvgIpc) is 2.67. The number of anilines is 2. The number of ether oxygens (including phenoxy) is 3. The number of nitrogens with one attached hydrogen (secondary N) is 2. The second kappa shape index (κ2) is 6.09. The Morgan fingerprint density at radius 1 is 0.720 bits per heavy atom. The summed E-state index contributed by atoms with van der Waals surface area (Å²) < 4.78 is 16.4. The molecule has 1 aliphatic rings. The quantitative estimate of drug-likeness (QED) is 0.739. The van der Waals surface area contributed by atoms with E-state index in [-0.39, 0.29) is 6.17 Å². The molecule has 0 saturated heterocycles. The fraction of sp³-hybridized carbons (Fsp3) is 0.200. The third-order valence-electron chi connectivity index (χ3n) is 4.55. The van der Waals surface area contributed by atoms with Crippen molar-refractivity contribution in [3.63, 3.8) is 0 Å². The van der Waals surface area contributed by atoms with Gasteiger partial charge in [-0.25, -0.2) is 0 Å². The van der Waals surface area contributed by atoms with E-state index in [1.54, 1.807) is 21.3 Å². The molecule has 0 amide bonds. The molecule has 25 heavy (non-hydrogen) atoms. The lowest BCUT2D eigenvalue weighted by Crippen LogP contribution is -2.24. The molecule has 1 heterocycles. The maximum atomic E-state index is 5.59. The van der Waals surface area contributed by atoms with E-state index in [0.717, 1.165) is 22.7 Å². The van der Waals surface area contributed by atoms with Crippen LogP contribution in [0.5, 0.6) is 17.2 Å². The van der Waals surface area contributed by atoms with Crippen molar-refractivity contribution in [2.75, 3.05) is 32.0 Å². The summed E-state index contributed by atoms with van der Waals surface area (Å²) in [5.41, 5.74) is 3.13. The Hall–Kier alpha value is -3.08. The average molecular weight is 336 g/mol. The maximum absolute atomic E-state index is 5.59. The summed E-state index contributed by atoms with van der Waals surface area (Å²) in [5.74, 6) is 2.04. The molecule has 3 aromatic rings. The summed E-state index contributed by atoms with van der Waals surface area (Å²) in [6.45, 7) is 0. The van der Waals surface area contributed by atoms with E-state index < -0.39 is 0 Å². The van der Waals surface area contributed by atoms with Gasteiger partial charge in [0, 0.05) is 28.4 Å². The Kier molecular flexibility index (Phi) is 3.76. The van der Waals surface area contributed by atoms with Gasteiger partial charge >= 0.3 is 0 Å². The van der Waals surface area contributed by atoms with Crippen LogP contribution >= 0.6 is 0 Å². The predicted molar refractivity (Wildman–Crippen MR) is 100 cm³/mol. The monoisotopic (exact) mass is 336 g/mol. The highest BCUT2D eigenvalue weighted by Crippen LogP contribution is 2.43. The topological polar surface area (TPSA) is 51.8 Å². The fourth-order valence-electron chi connectivity index (χ4n) is 3.36. The first-order valence-electron chi connectivity index (χ1n) is 8.10. The highest BCUT2D eigenvalue weighted by atomic mass is 16.5. The smallest absolute Gasteiger partial charge is 0.164 e. The molecule has 0 spiro atoms. The maximum Gasteiger partial charge on any atom is 0.164 e. The lowest BCUT2D eigenvalue weighted by atomic mass is 10.0. The molecule has 0 aliphatic carbocycles. The minimum atomic E-state index is -0.143. The van der Waals surface area contributed by atoms with Crippen molar-refractivity contribution in [3.05, 3.63) is 54.1 Å². The fourth-order valence-corrected chi connectivity index (χ4v) is 3.36. The summed E-state index contributed by atoms with van der Waals surface area (Å²) in [6, 6.07) is 16.3. The molecule has 0 bridgehead atoms. The first kappa shape index (κ1) is 15.4. The van der Waals surface area contributed by atoms with Crippen LogP contribution in [0.15, 0.2) is 48.5 Å². The minimum absolute atomic E-state index is 0.143. The van der Waals surface area contributed by atoms with E-state index >= 15 is 0 Å². The van der Waals surface area contributed by atoms with Gasteiger partial charge in [0.1, 0.15) is 11.9 Å². The molecule has 1 aliphatic heterocycles. The molecule has 5 heteroatoms. The molecule has 0 saturated carbocycles. The lowest BCUT2D eigenvalue weighted by Gasteiger charge is -2.31. The van der Waals surface area contributed by atoms with Crippen molar-refractivity contribution in [2.45, 2.75) is 6.17 Å². The second-order valence-corrected chi connectivity index (χ2v) is 5.88. The highest BCUT2D eigenvalue weighted by Gasteiger charge is 2.24. The van der Waals surface area contributed by atoms with Gasteiger partial charge in [-0.05, 0) is 23.6 Å². The van der Waals surface area contributed by atoms with Crippen LogP contribution in [-0.2, 0) is 0 Å². The van der Waals surface area contributed by atoms with Crippen LogP contribution < -0.4 is 24.8 Å². The molecule has 0 aromatic heterocycles. The number of benzene rings is 3. The van der Waals surface area contributed by atoms with Gasteiger partial charge in [-0.1, -0.05) is 24.3 Å². The van der Waals surface area contributed by atoms with Crippen LogP contribution in [0.3, 0.4) is 0 Å². The van der Waals surface area contributed by atoms with Crippen LogP contribution in [0, 0.1) is 0 Å². The standard InChI is InChI=1S/C20H20N2O3/c1-23-16-11-18(25-3)17(24-2)10-13(16)20-21-14-8-4-6-12-7-5-9-15(22-20)19(12)14/h4-11,20-22H,1-3H3. The SMILES string of the molecule is COc1cc(OC)c(C2Nc3cccc4cccc(c34)N2)cc1OC. The van der Waals surface area contributed by atoms with Gasteiger partial charge in [0.25, 0.3) is 0 Å². The van der Waals surface area contributed by atoms with Crippen molar-refractivity contribution in [1.82, 2.24) is 0 Å². The normalized spacial score (nSPS) is 13.1. The molecule has 5 nitrogen and oxygen atoms in total. The summed E-state index contributed by atoms with van der Waals surface area (Å²) in [6.07, 6.45) is -0.143. The molecule has 0 unspecified atom stereocenters. The van der Waals surface area contributed by atoms with Gasteiger partial charge in [0.15, 0.2) is 11.5 Å². The summed E-state index contributed by atoms with van der Waals surface area (Å²) in [5, 5.41) is 9.50. The zero-order chi connectivity index (χ0) is 17.4. The molecule has 4 rings (SSSR count). The van der Waals surface area contributed by atoms with E-state index in [9.17, 15) is 0 Å². The van der Waals surface area contributed by atoms with Crippen LogP contribution in [0.4, 0.5) is 11.4 Å². The van der Waals surface area contributed by atoms with E-state index in [1.807, 2.05) is 12.1 Å². The second-order valence-electron chi connectivity index (χ2n) is 5.88.